The summed E-state index contributed by atoms with van der Waals surface area (Å²) in [5, 5.41) is 26.9. The molecule has 0 spiro atoms. The molecule has 0 heterocycles. The van der Waals surface area contributed by atoms with Crippen molar-refractivity contribution in [3.63, 3.8) is 0 Å². The first kappa shape index (κ1) is 23.8. The summed E-state index contributed by atoms with van der Waals surface area (Å²) in [6, 6.07) is 9.60. The van der Waals surface area contributed by atoms with Crippen molar-refractivity contribution in [2.24, 2.45) is 50.3 Å². The van der Waals surface area contributed by atoms with Gasteiger partial charge in [0.1, 0.15) is 0 Å². The standard InChI is InChI=1S/C28H42N4O2/c1-26-14-11-22(33)18-20(26)8-9-24-23(26)12-15-27(2)19(10-16-28(24,27)34)13-17-30-32-25(29)31-21-6-4-3-5-7-21/h3-7,17,19-20,22-24,33-34H,8-16,18H2,1-2H3,(H3,29,31,32)/b30-17+/t19-,20-,22+,23+,24-,26+,27-,28+/m1/s1. The van der Waals surface area contributed by atoms with Crippen molar-refractivity contribution in [3.05, 3.63) is 30.3 Å². The largest absolute Gasteiger partial charge is 0.393 e. The molecular weight excluding hydrogens is 424 g/mol. The number of hydrogen-bond donors (Lipinski definition) is 4. The molecule has 1 aromatic rings. The number of nitrogens with one attached hydrogen (secondary N) is 1. The first-order valence-electron chi connectivity index (χ1n) is 13.3. The molecule has 5 rings (SSSR count). The predicted octanol–water partition coefficient (Wildman–Crippen LogP) is 4.73. The molecule has 4 aliphatic carbocycles. The van der Waals surface area contributed by atoms with Crippen LogP contribution >= 0.6 is 0 Å². The molecule has 4 fully saturated rings. The Morgan fingerprint density at radius 3 is 2.65 bits per heavy atom. The predicted molar refractivity (Wildman–Crippen MR) is 137 cm³/mol. The minimum atomic E-state index is -0.584. The molecule has 0 unspecified atom stereocenters. The second-order valence-corrected chi connectivity index (χ2v) is 12.0. The summed E-state index contributed by atoms with van der Waals surface area (Å²) < 4.78 is 0. The van der Waals surface area contributed by atoms with Crippen LogP contribution in [-0.2, 0) is 0 Å². The third-order valence-electron chi connectivity index (χ3n) is 10.7. The minimum Gasteiger partial charge on any atom is -0.393 e. The Bertz CT molecular complexity index is 936. The van der Waals surface area contributed by atoms with Crippen molar-refractivity contribution in [1.29, 1.82) is 0 Å². The van der Waals surface area contributed by atoms with Crippen LogP contribution in [0, 0.1) is 34.5 Å². The van der Waals surface area contributed by atoms with Crippen molar-refractivity contribution < 1.29 is 10.2 Å². The summed E-state index contributed by atoms with van der Waals surface area (Å²) in [6.45, 7) is 4.81. The van der Waals surface area contributed by atoms with Gasteiger partial charge < -0.3 is 15.9 Å². The summed E-state index contributed by atoms with van der Waals surface area (Å²) in [4.78, 5) is 4.32. The summed E-state index contributed by atoms with van der Waals surface area (Å²) in [5.41, 5.74) is 9.24. The number of hydrogen-bond acceptors (Lipinski definition) is 4. The number of aliphatic hydroxyl groups is 2. The molecule has 4 aliphatic rings. The van der Waals surface area contributed by atoms with Crippen LogP contribution in [0.25, 0.3) is 0 Å². The van der Waals surface area contributed by atoms with Crippen LogP contribution in [0.15, 0.2) is 40.4 Å². The molecule has 0 aliphatic heterocycles. The minimum absolute atomic E-state index is 0.0682. The second kappa shape index (κ2) is 8.94. The maximum atomic E-state index is 12.3. The zero-order valence-corrected chi connectivity index (χ0v) is 20.8. The number of aliphatic hydroxyl groups excluding tert-OH is 1. The Kier molecular flexibility index (Phi) is 6.26. The fraction of sp³-hybridized carbons (Fsp3) is 0.714. The van der Waals surface area contributed by atoms with Gasteiger partial charge in [0.25, 0.3) is 0 Å². The van der Waals surface area contributed by atoms with E-state index in [1.165, 1.54) is 6.42 Å². The zero-order valence-electron chi connectivity index (χ0n) is 20.8. The van der Waals surface area contributed by atoms with Gasteiger partial charge in [-0.05, 0) is 111 Å². The maximum absolute atomic E-state index is 12.3. The highest BCUT2D eigenvalue weighted by Gasteiger charge is 2.66. The topological polar surface area (TPSA) is 103 Å². The van der Waals surface area contributed by atoms with E-state index in [4.69, 9.17) is 5.73 Å². The van der Waals surface area contributed by atoms with Gasteiger partial charge in [0.05, 0.1) is 17.4 Å². The second-order valence-electron chi connectivity index (χ2n) is 12.0. The van der Waals surface area contributed by atoms with Crippen molar-refractivity contribution in [2.75, 3.05) is 0 Å². The molecule has 8 atom stereocenters. The number of fused-ring (bicyclic) bond motifs is 5. The van der Waals surface area contributed by atoms with E-state index < -0.39 is 5.60 Å². The number of para-hydroxylation sites is 1. The number of hydrazone groups is 1. The SMILES string of the molecule is C[C@]12CC[C@H](O)C[C@H]1CC[C@@H]1[C@@H]2CC[C@]2(C)[C@@H](C/C=N/NC(N)=Nc3ccccc3)CC[C@]12O. The average molecular weight is 467 g/mol. The average Bonchev–Trinajstić information content (AvgIpc) is 3.08. The van der Waals surface area contributed by atoms with Gasteiger partial charge in [0.15, 0.2) is 0 Å². The van der Waals surface area contributed by atoms with E-state index >= 15 is 0 Å². The highest BCUT2D eigenvalue weighted by Crippen LogP contribution is 2.69. The van der Waals surface area contributed by atoms with Crippen LogP contribution < -0.4 is 11.2 Å². The van der Waals surface area contributed by atoms with Crippen LogP contribution in [0.1, 0.15) is 78.1 Å². The lowest BCUT2D eigenvalue weighted by atomic mass is 9.43. The summed E-state index contributed by atoms with van der Waals surface area (Å²) in [5.74, 6) is 2.29. The fourth-order valence-electron chi connectivity index (χ4n) is 8.65. The lowest BCUT2D eigenvalue weighted by molar-refractivity contribution is -0.209. The van der Waals surface area contributed by atoms with Gasteiger partial charge in [-0.1, -0.05) is 32.0 Å². The smallest absolute Gasteiger partial charge is 0.214 e. The van der Waals surface area contributed by atoms with Crippen LogP contribution in [0.5, 0.6) is 0 Å². The number of nitrogens with zero attached hydrogens (tertiary/aromatic N) is 2. The molecule has 0 aromatic heterocycles. The van der Waals surface area contributed by atoms with Crippen LogP contribution in [0.2, 0.25) is 0 Å². The van der Waals surface area contributed by atoms with Gasteiger partial charge in [-0.25, -0.2) is 10.4 Å². The first-order valence-corrected chi connectivity index (χ1v) is 13.3. The van der Waals surface area contributed by atoms with E-state index in [0.29, 0.717) is 23.7 Å². The van der Waals surface area contributed by atoms with Crippen molar-refractivity contribution in [2.45, 2.75) is 89.8 Å². The number of rotatable bonds is 4. The number of benzene rings is 1. The van der Waals surface area contributed by atoms with Gasteiger partial charge >= 0.3 is 0 Å². The third-order valence-corrected chi connectivity index (χ3v) is 10.7. The molecule has 0 amide bonds. The van der Waals surface area contributed by atoms with Gasteiger partial charge in [-0.2, -0.15) is 5.10 Å². The molecule has 6 nitrogen and oxygen atoms in total. The summed E-state index contributed by atoms with van der Waals surface area (Å²) in [6.07, 6.45) is 12.1. The highest BCUT2D eigenvalue weighted by atomic mass is 16.3. The molecule has 1 aromatic carbocycles. The molecule has 0 saturated heterocycles. The van der Waals surface area contributed by atoms with Gasteiger partial charge in [-0.3, -0.25) is 0 Å². The van der Waals surface area contributed by atoms with Gasteiger partial charge in [0.2, 0.25) is 5.96 Å². The first-order chi connectivity index (χ1) is 16.3. The van der Waals surface area contributed by atoms with E-state index in [1.807, 2.05) is 36.5 Å². The van der Waals surface area contributed by atoms with E-state index in [9.17, 15) is 10.2 Å². The Hall–Kier alpha value is -1.92. The van der Waals surface area contributed by atoms with Crippen LogP contribution in [0.4, 0.5) is 5.69 Å². The molecule has 4 saturated carbocycles. The molecule has 6 heteroatoms. The lowest BCUT2D eigenvalue weighted by Crippen LogP contribution is -2.62. The Labute approximate surface area is 204 Å². The highest BCUT2D eigenvalue weighted by molar-refractivity contribution is 5.81. The van der Waals surface area contributed by atoms with E-state index in [0.717, 1.165) is 63.5 Å². The Morgan fingerprint density at radius 2 is 1.85 bits per heavy atom. The van der Waals surface area contributed by atoms with Gasteiger partial charge in [0, 0.05) is 6.21 Å². The normalized spacial score (nSPS) is 44.4. The number of nitrogens with two attached hydrogens (primary N) is 1. The van der Waals surface area contributed by atoms with E-state index in [2.05, 4.69) is 29.4 Å². The summed E-state index contributed by atoms with van der Waals surface area (Å²) >= 11 is 0. The molecule has 186 valence electrons. The molecule has 0 bridgehead atoms. The molecule has 0 radical (unpaired) electrons. The Balaban J connectivity index is 1.25. The fourth-order valence-corrected chi connectivity index (χ4v) is 8.65. The number of aliphatic imine (C=N–C) groups is 1. The quantitative estimate of drug-likeness (QED) is 0.292. The number of guanidine groups is 1. The molecular formula is C28H42N4O2. The van der Waals surface area contributed by atoms with Crippen LogP contribution in [-0.4, -0.2) is 34.1 Å². The third kappa shape index (κ3) is 3.87. The van der Waals surface area contributed by atoms with Crippen molar-refractivity contribution >= 4 is 17.9 Å². The van der Waals surface area contributed by atoms with Crippen molar-refractivity contribution in [3.8, 4) is 0 Å². The van der Waals surface area contributed by atoms with E-state index in [-0.39, 0.29) is 22.9 Å². The summed E-state index contributed by atoms with van der Waals surface area (Å²) in [7, 11) is 0. The van der Waals surface area contributed by atoms with E-state index in [1.54, 1.807) is 0 Å². The van der Waals surface area contributed by atoms with Crippen molar-refractivity contribution in [1.82, 2.24) is 5.43 Å². The van der Waals surface area contributed by atoms with Crippen LogP contribution in [0.3, 0.4) is 0 Å². The lowest BCUT2D eigenvalue weighted by Gasteiger charge is -2.63. The van der Waals surface area contributed by atoms with Gasteiger partial charge in [-0.15, -0.1) is 0 Å². The maximum Gasteiger partial charge on any atom is 0.214 e. The molecule has 5 N–H and O–H groups in total. The zero-order chi connectivity index (χ0) is 24.0. The monoisotopic (exact) mass is 466 g/mol. The Morgan fingerprint density at radius 1 is 1.06 bits per heavy atom. The molecule has 34 heavy (non-hydrogen) atoms.